The molecule has 1 N–H and O–H groups in total. The molecule has 1 aliphatic rings. The topological polar surface area (TPSA) is 24.5 Å². The van der Waals surface area contributed by atoms with E-state index in [0.29, 0.717) is 12.0 Å². The standard InChI is InChI=1S/C15H24N2O/c1-10-6-12(7-11(2)15(10)18-5)14(17(3)4)13-8-16-9-13/h6-7,13-14,16H,8-9H2,1-5H3. The second-order valence-electron chi connectivity index (χ2n) is 5.51. The van der Waals surface area contributed by atoms with E-state index in [-0.39, 0.29) is 0 Å². The number of rotatable bonds is 4. The number of benzene rings is 1. The Hall–Kier alpha value is -1.06. The molecule has 1 fully saturated rings. The maximum absolute atomic E-state index is 5.45. The third kappa shape index (κ3) is 2.38. The Morgan fingerprint density at radius 1 is 1.22 bits per heavy atom. The molecule has 100 valence electrons. The fourth-order valence-electron chi connectivity index (χ4n) is 3.00. The van der Waals surface area contributed by atoms with Crippen molar-refractivity contribution in [1.82, 2.24) is 10.2 Å². The molecule has 18 heavy (non-hydrogen) atoms. The van der Waals surface area contributed by atoms with Gasteiger partial charge in [0.1, 0.15) is 5.75 Å². The molecule has 1 aromatic rings. The molecule has 0 bridgehead atoms. The molecule has 2 rings (SSSR count). The first-order chi connectivity index (χ1) is 8.54. The fraction of sp³-hybridized carbons (Fsp3) is 0.600. The van der Waals surface area contributed by atoms with Crippen LogP contribution in [0.25, 0.3) is 0 Å². The van der Waals surface area contributed by atoms with E-state index in [9.17, 15) is 0 Å². The summed E-state index contributed by atoms with van der Waals surface area (Å²) < 4.78 is 5.45. The number of methoxy groups -OCH3 is 1. The zero-order valence-corrected chi connectivity index (χ0v) is 12.1. The summed E-state index contributed by atoms with van der Waals surface area (Å²) in [6.07, 6.45) is 0. The number of nitrogens with one attached hydrogen (secondary N) is 1. The zero-order chi connectivity index (χ0) is 13.3. The van der Waals surface area contributed by atoms with Crippen molar-refractivity contribution in [3.05, 3.63) is 28.8 Å². The van der Waals surface area contributed by atoms with E-state index in [2.05, 4.69) is 50.3 Å². The van der Waals surface area contributed by atoms with E-state index < -0.39 is 0 Å². The maximum Gasteiger partial charge on any atom is 0.124 e. The molecule has 0 aliphatic carbocycles. The van der Waals surface area contributed by atoms with Gasteiger partial charge in [-0.05, 0) is 44.6 Å². The summed E-state index contributed by atoms with van der Waals surface area (Å²) in [5.41, 5.74) is 3.86. The summed E-state index contributed by atoms with van der Waals surface area (Å²) in [6, 6.07) is 5.04. The summed E-state index contributed by atoms with van der Waals surface area (Å²) in [4.78, 5) is 2.33. The van der Waals surface area contributed by atoms with Gasteiger partial charge in [0.05, 0.1) is 7.11 Å². The highest BCUT2D eigenvalue weighted by atomic mass is 16.5. The second-order valence-corrected chi connectivity index (χ2v) is 5.51. The minimum absolute atomic E-state index is 0.495. The van der Waals surface area contributed by atoms with Crippen LogP contribution in [0.4, 0.5) is 0 Å². The Labute approximate surface area is 110 Å². The molecule has 3 nitrogen and oxygen atoms in total. The molecule has 1 aromatic carbocycles. The highest BCUT2D eigenvalue weighted by Crippen LogP contribution is 2.34. The lowest BCUT2D eigenvalue weighted by Crippen LogP contribution is -2.48. The molecule has 1 unspecified atom stereocenters. The first kappa shape index (κ1) is 13.4. The van der Waals surface area contributed by atoms with Gasteiger partial charge in [0.2, 0.25) is 0 Å². The molecule has 1 atom stereocenters. The van der Waals surface area contributed by atoms with Gasteiger partial charge in [-0.2, -0.15) is 0 Å². The van der Waals surface area contributed by atoms with Gasteiger partial charge < -0.3 is 15.0 Å². The Morgan fingerprint density at radius 2 is 1.78 bits per heavy atom. The van der Waals surface area contributed by atoms with Crippen LogP contribution in [0.3, 0.4) is 0 Å². The predicted octanol–water partition coefficient (Wildman–Crippen LogP) is 2.13. The Morgan fingerprint density at radius 3 is 2.11 bits per heavy atom. The van der Waals surface area contributed by atoms with Crippen molar-refractivity contribution in [2.75, 3.05) is 34.3 Å². The quantitative estimate of drug-likeness (QED) is 0.883. The van der Waals surface area contributed by atoms with Gasteiger partial charge in [-0.3, -0.25) is 0 Å². The van der Waals surface area contributed by atoms with Crippen LogP contribution in [0.15, 0.2) is 12.1 Å². The summed E-state index contributed by atoms with van der Waals surface area (Å²) in [6.45, 7) is 6.49. The van der Waals surface area contributed by atoms with Crippen molar-refractivity contribution < 1.29 is 4.74 Å². The molecule has 0 spiro atoms. The average Bonchev–Trinajstić information content (AvgIpc) is 2.22. The normalized spacial score (nSPS) is 17.7. The van der Waals surface area contributed by atoms with Crippen LogP contribution in [0.5, 0.6) is 5.75 Å². The third-order valence-corrected chi connectivity index (χ3v) is 3.84. The molecular formula is C15H24N2O. The van der Waals surface area contributed by atoms with Gasteiger partial charge in [-0.15, -0.1) is 0 Å². The second kappa shape index (κ2) is 5.29. The number of ether oxygens (including phenoxy) is 1. The van der Waals surface area contributed by atoms with Crippen LogP contribution in [-0.2, 0) is 0 Å². The van der Waals surface area contributed by atoms with Gasteiger partial charge in [0, 0.05) is 25.0 Å². The number of aryl methyl sites for hydroxylation is 2. The Bertz CT molecular complexity index is 401. The molecule has 3 heteroatoms. The van der Waals surface area contributed by atoms with Gasteiger partial charge in [-0.25, -0.2) is 0 Å². The van der Waals surface area contributed by atoms with Gasteiger partial charge in [-0.1, -0.05) is 12.1 Å². The molecule has 0 aromatic heterocycles. The highest BCUT2D eigenvalue weighted by molar-refractivity contribution is 5.44. The van der Waals surface area contributed by atoms with E-state index >= 15 is 0 Å². The smallest absolute Gasteiger partial charge is 0.124 e. The number of nitrogens with zero attached hydrogens (tertiary/aromatic N) is 1. The number of hydrogen-bond acceptors (Lipinski definition) is 3. The van der Waals surface area contributed by atoms with E-state index in [0.717, 1.165) is 18.8 Å². The summed E-state index contributed by atoms with van der Waals surface area (Å²) >= 11 is 0. The fourth-order valence-corrected chi connectivity index (χ4v) is 3.00. The first-order valence-electron chi connectivity index (χ1n) is 6.57. The summed E-state index contributed by atoms with van der Waals surface area (Å²) in [5, 5.41) is 3.37. The van der Waals surface area contributed by atoms with Gasteiger partial charge in [0.15, 0.2) is 0 Å². The lowest BCUT2D eigenvalue weighted by molar-refractivity contribution is 0.160. The molecule has 1 saturated heterocycles. The Balaban J connectivity index is 2.36. The van der Waals surface area contributed by atoms with Crippen molar-refractivity contribution in [3.63, 3.8) is 0 Å². The minimum Gasteiger partial charge on any atom is -0.496 e. The number of hydrogen-bond donors (Lipinski definition) is 1. The van der Waals surface area contributed by atoms with Crippen molar-refractivity contribution in [2.24, 2.45) is 5.92 Å². The zero-order valence-electron chi connectivity index (χ0n) is 12.1. The van der Waals surface area contributed by atoms with Crippen LogP contribution in [0.1, 0.15) is 22.7 Å². The third-order valence-electron chi connectivity index (χ3n) is 3.84. The molecule has 1 heterocycles. The predicted molar refractivity (Wildman–Crippen MR) is 75.3 cm³/mol. The SMILES string of the molecule is COc1c(C)cc(C(C2CNC2)N(C)C)cc1C. The average molecular weight is 248 g/mol. The molecular weight excluding hydrogens is 224 g/mol. The minimum atomic E-state index is 0.495. The first-order valence-corrected chi connectivity index (χ1v) is 6.57. The monoisotopic (exact) mass is 248 g/mol. The van der Waals surface area contributed by atoms with Crippen LogP contribution < -0.4 is 10.1 Å². The van der Waals surface area contributed by atoms with Crippen LogP contribution >= 0.6 is 0 Å². The van der Waals surface area contributed by atoms with Crippen molar-refractivity contribution in [1.29, 1.82) is 0 Å². The van der Waals surface area contributed by atoms with E-state index in [1.807, 2.05) is 0 Å². The van der Waals surface area contributed by atoms with E-state index in [1.54, 1.807) is 7.11 Å². The van der Waals surface area contributed by atoms with Crippen molar-refractivity contribution in [2.45, 2.75) is 19.9 Å². The van der Waals surface area contributed by atoms with E-state index in [1.165, 1.54) is 16.7 Å². The molecule has 0 radical (unpaired) electrons. The van der Waals surface area contributed by atoms with Crippen LogP contribution in [0.2, 0.25) is 0 Å². The van der Waals surface area contributed by atoms with E-state index in [4.69, 9.17) is 4.74 Å². The van der Waals surface area contributed by atoms with Crippen molar-refractivity contribution in [3.8, 4) is 5.75 Å². The molecule has 0 amide bonds. The lowest BCUT2D eigenvalue weighted by Gasteiger charge is -2.39. The molecule has 0 saturated carbocycles. The summed E-state index contributed by atoms with van der Waals surface area (Å²) in [7, 11) is 6.07. The highest BCUT2D eigenvalue weighted by Gasteiger charge is 2.30. The van der Waals surface area contributed by atoms with Gasteiger partial charge in [0.25, 0.3) is 0 Å². The largest absolute Gasteiger partial charge is 0.496 e. The molecule has 1 aliphatic heterocycles. The Kier molecular flexibility index (Phi) is 3.93. The maximum atomic E-state index is 5.45. The summed E-state index contributed by atoms with van der Waals surface area (Å²) in [5.74, 6) is 1.73. The lowest BCUT2D eigenvalue weighted by atomic mass is 9.86. The van der Waals surface area contributed by atoms with Crippen LogP contribution in [-0.4, -0.2) is 39.2 Å². The van der Waals surface area contributed by atoms with Crippen LogP contribution in [0, 0.1) is 19.8 Å². The van der Waals surface area contributed by atoms with Crippen molar-refractivity contribution >= 4 is 0 Å². The van der Waals surface area contributed by atoms with Gasteiger partial charge >= 0.3 is 0 Å².